The molecule has 30 heavy (non-hydrogen) atoms. The molecule has 5 rings (SSSR count). The van der Waals surface area contributed by atoms with Crippen LogP contribution in [-0.2, 0) is 0 Å². The van der Waals surface area contributed by atoms with E-state index in [-0.39, 0.29) is 12.1 Å². The third-order valence-electron chi connectivity index (χ3n) is 6.27. The maximum absolute atomic E-state index is 5.90. The van der Waals surface area contributed by atoms with Gasteiger partial charge in [-0.15, -0.1) is 0 Å². The summed E-state index contributed by atoms with van der Waals surface area (Å²) in [7, 11) is 0. The molecular weight excluding hydrogens is 456 g/mol. The van der Waals surface area contributed by atoms with Crippen LogP contribution in [0.4, 0.5) is 0 Å². The molecule has 2 aromatic heterocycles. The van der Waals surface area contributed by atoms with Crippen molar-refractivity contribution in [1.82, 2.24) is 19.8 Å². The molecular formula is C24H25BrN4S. The van der Waals surface area contributed by atoms with E-state index in [9.17, 15) is 0 Å². The van der Waals surface area contributed by atoms with Crippen molar-refractivity contribution < 1.29 is 0 Å². The van der Waals surface area contributed by atoms with Gasteiger partial charge in [0.25, 0.3) is 0 Å². The van der Waals surface area contributed by atoms with Crippen LogP contribution in [0, 0.1) is 0 Å². The van der Waals surface area contributed by atoms with Gasteiger partial charge in [-0.3, -0.25) is 4.98 Å². The second kappa shape index (κ2) is 8.52. The second-order valence-corrected chi connectivity index (χ2v) is 9.41. The fourth-order valence-corrected chi connectivity index (χ4v) is 5.71. The maximum Gasteiger partial charge on any atom is 0.170 e. The van der Waals surface area contributed by atoms with Crippen molar-refractivity contribution in [1.29, 1.82) is 0 Å². The molecule has 6 heteroatoms. The first-order chi connectivity index (χ1) is 14.7. The van der Waals surface area contributed by atoms with Crippen LogP contribution >= 0.6 is 28.1 Å². The lowest BCUT2D eigenvalue weighted by Crippen LogP contribution is -2.40. The Bertz CT molecular complexity index is 1030. The molecule has 1 aliphatic heterocycles. The number of rotatable bonds is 4. The summed E-state index contributed by atoms with van der Waals surface area (Å²) in [5.74, 6) is 0. The number of halogens is 1. The van der Waals surface area contributed by atoms with Crippen molar-refractivity contribution in [2.24, 2.45) is 0 Å². The number of aromatic nitrogens is 2. The minimum Gasteiger partial charge on any atom is -0.352 e. The highest BCUT2D eigenvalue weighted by molar-refractivity contribution is 9.10. The molecule has 2 aliphatic rings. The molecule has 1 aliphatic carbocycles. The molecule has 3 aromatic rings. The zero-order chi connectivity index (χ0) is 20.5. The van der Waals surface area contributed by atoms with E-state index in [1.54, 1.807) is 0 Å². The van der Waals surface area contributed by atoms with Gasteiger partial charge in [0.1, 0.15) is 0 Å². The summed E-state index contributed by atoms with van der Waals surface area (Å²) in [6.45, 7) is 0. The molecule has 3 heterocycles. The first-order valence-electron chi connectivity index (χ1n) is 10.7. The van der Waals surface area contributed by atoms with Gasteiger partial charge in [0.2, 0.25) is 0 Å². The Morgan fingerprint density at radius 3 is 2.63 bits per heavy atom. The van der Waals surface area contributed by atoms with Crippen LogP contribution in [0.3, 0.4) is 0 Å². The van der Waals surface area contributed by atoms with Crippen LogP contribution < -0.4 is 5.32 Å². The van der Waals surface area contributed by atoms with Gasteiger partial charge in [0.15, 0.2) is 5.11 Å². The largest absolute Gasteiger partial charge is 0.352 e. The molecule has 1 saturated heterocycles. The lowest BCUT2D eigenvalue weighted by Gasteiger charge is -2.37. The predicted molar refractivity (Wildman–Crippen MR) is 128 cm³/mol. The first kappa shape index (κ1) is 19.8. The van der Waals surface area contributed by atoms with Gasteiger partial charge in [-0.25, -0.2) is 0 Å². The molecule has 0 unspecified atom stereocenters. The topological polar surface area (TPSA) is 33.1 Å². The molecule has 0 amide bonds. The smallest absolute Gasteiger partial charge is 0.170 e. The zero-order valence-corrected chi connectivity index (χ0v) is 19.1. The van der Waals surface area contributed by atoms with Crippen LogP contribution in [0.5, 0.6) is 0 Å². The van der Waals surface area contributed by atoms with Crippen molar-refractivity contribution >= 4 is 33.3 Å². The zero-order valence-electron chi connectivity index (χ0n) is 16.7. The van der Waals surface area contributed by atoms with Crippen LogP contribution in [0.25, 0.3) is 5.69 Å². The molecule has 0 radical (unpaired) electrons. The van der Waals surface area contributed by atoms with Gasteiger partial charge in [-0.1, -0.05) is 47.3 Å². The highest BCUT2D eigenvalue weighted by Crippen LogP contribution is 2.43. The maximum atomic E-state index is 5.90. The highest BCUT2D eigenvalue weighted by Gasteiger charge is 2.44. The van der Waals surface area contributed by atoms with Gasteiger partial charge >= 0.3 is 0 Å². The fourth-order valence-electron chi connectivity index (χ4n) is 4.93. The molecule has 1 aromatic carbocycles. The van der Waals surface area contributed by atoms with Gasteiger partial charge in [0, 0.05) is 34.3 Å². The molecule has 4 nitrogen and oxygen atoms in total. The van der Waals surface area contributed by atoms with Crippen molar-refractivity contribution in [3.8, 4) is 5.69 Å². The Morgan fingerprint density at radius 2 is 1.87 bits per heavy atom. The van der Waals surface area contributed by atoms with Crippen molar-refractivity contribution in [2.75, 3.05) is 0 Å². The van der Waals surface area contributed by atoms with E-state index >= 15 is 0 Å². The minimum absolute atomic E-state index is 0.0291. The van der Waals surface area contributed by atoms with Crippen LogP contribution in [0.15, 0.2) is 71.5 Å². The lowest BCUT2D eigenvalue weighted by molar-refractivity contribution is 0.193. The minimum atomic E-state index is 0.0291. The summed E-state index contributed by atoms with van der Waals surface area (Å²) in [5, 5.41) is 4.47. The van der Waals surface area contributed by atoms with Crippen molar-refractivity contribution in [3.63, 3.8) is 0 Å². The number of nitrogens with one attached hydrogen (secondary N) is 1. The van der Waals surface area contributed by atoms with Crippen LogP contribution in [0.1, 0.15) is 55.6 Å². The number of pyridine rings is 1. The van der Waals surface area contributed by atoms with E-state index in [4.69, 9.17) is 12.2 Å². The second-order valence-electron chi connectivity index (χ2n) is 8.11. The summed E-state index contributed by atoms with van der Waals surface area (Å²) in [6, 6.07) is 19.5. The first-order valence-corrected chi connectivity index (χ1v) is 11.9. The molecule has 1 saturated carbocycles. The van der Waals surface area contributed by atoms with Crippen LogP contribution in [0.2, 0.25) is 0 Å². The summed E-state index contributed by atoms with van der Waals surface area (Å²) in [6.07, 6.45) is 10.3. The molecule has 0 spiro atoms. The van der Waals surface area contributed by atoms with E-state index in [1.165, 1.54) is 37.8 Å². The van der Waals surface area contributed by atoms with E-state index in [0.717, 1.165) is 21.0 Å². The van der Waals surface area contributed by atoms with E-state index < -0.39 is 0 Å². The van der Waals surface area contributed by atoms with Gasteiger partial charge in [0.05, 0.1) is 17.8 Å². The summed E-state index contributed by atoms with van der Waals surface area (Å²) in [5.41, 5.74) is 3.41. The molecule has 0 bridgehead atoms. The number of hydrogen-bond acceptors (Lipinski definition) is 2. The van der Waals surface area contributed by atoms with Crippen molar-refractivity contribution in [3.05, 3.63) is 82.9 Å². The third-order valence-corrected chi connectivity index (χ3v) is 7.10. The fraction of sp³-hybridized carbons (Fsp3) is 0.333. The Labute approximate surface area is 191 Å². The van der Waals surface area contributed by atoms with Crippen LogP contribution in [-0.4, -0.2) is 25.6 Å². The number of thiocarbonyl (C=S) groups is 1. The van der Waals surface area contributed by atoms with Gasteiger partial charge in [-0.2, -0.15) is 0 Å². The highest BCUT2D eigenvalue weighted by atomic mass is 79.9. The normalized spacial score (nSPS) is 22.3. The molecule has 2 atom stereocenters. The Balaban J connectivity index is 1.61. The Hall–Kier alpha value is -2.18. The average molecular weight is 481 g/mol. The quantitative estimate of drug-likeness (QED) is 0.468. The Kier molecular flexibility index (Phi) is 5.61. The molecule has 2 fully saturated rings. The van der Waals surface area contributed by atoms with Gasteiger partial charge < -0.3 is 14.8 Å². The Morgan fingerprint density at radius 1 is 1.00 bits per heavy atom. The molecule has 1 N–H and O–H groups in total. The number of benzene rings is 1. The monoisotopic (exact) mass is 480 g/mol. The van der Waals surface area contributed by atoms with E-state index in [1.807, 2.05) is 12.3 Å². The molecule has 154 valence electrons. The van der Waals surface area contributed by atoms with E-state index in [2.05, 4.69) is 90.4 Å². The number of nitrogens with zero attached hydrogens (tertiary/aromatic N) is 3. The summed E-state index contributed by atoms with van der Waals surface area (Å²) >= 11 is 9.52. The van der Waals surface area contributed by atoms with E-state index in [0.29, 0.717) is 6.04 Å². The third kappa shape index (κ3) is 3.67. The summed E-state index contributed by atoms with van der Waals surface area (Å²) < 4.78 is 3.36. The number of hydrogen-bond donors (Lipinski definition) is 1. The summed E-state index contributed by atoms with van der Waals surface area (Å²) in [4.78, 5) is 7.16. The van der Waals surface area contributed by atoms with Gasteiger partial charge in [-0.05, 0) is 67.5 Å². The predicted octanol–water partition coefficient (Wildman–Crippen LogP) is 5.94. The van der Waals surface area contributed by atoms with Crippen molar-refractivity contribution in [2.45, 2.75) is 50.2 Å². The SMILES string of the molecule is S=C1N[C@@H](c2ccccn2)[C@H](c2cccn2-c2cccc(Br)c2)N1C1CCCCC1. The average Bonchev–Trinajstić information content (AvgIpc) is 3.39. The standard InChI is InChI=1S/C24H25BrN4S/c25-17-8-6-11-19(16-17)28-15-7-13-21(28)23-22(20-12-4-5-14-26-20)27-24(30)29(23)18-9-2-1-3-10-18/h4-8,11-16,18,22-23H,1-3,9-10H2,(H,27,30)/t22-,23-/m0/s1. The lowest BCUT2D eigenvalue weighted by atomic mass is 9.92.